The molecule has 0 bridgehead atoms. The lowest BCUT2D eigenvalue weighted by Crippen LogP contribution is -2.52. The molecule has 25 heavy (non-hydrogen) atoms. The van der Waals surface area contributed by atoms with Gasteiger partial charge in [-0.15, -0.1) is 0 Å². The number of aromatic nitrogens is 2. The van der Waals surface area contributed by atoms with Crippen molar-refractivity contribution in [2.75, 3.05) is 0 Å². The lowest BCUT2D eigenvalue weighted by molar-refractivity contribution is -0.142. The molecule has 1 heterocycles. The first-order valence-corrected chi connectivity index (χ1v) is 8.25. The van der Waals surface area contributed by atoms with Crippen molar-refractivity contribution >= 4 is 17.8 Å². The predicted octanol–water partition coefficient (Wildman–Crippen LogP) is 0.863. The van der Waals surface area contributed by atoms with Crippen LogP contribution in [0.2, 0.25) is 0 Å². The molecule has 3 N–H and O–H groups in total. The molecule has 1 aromatic rings. The second kappa shape index (κ2) is 8.64. The van der Waals surface area contributed by atoms with Crippen LogP contribution in [0.3, 0.4) is 0 Å². The van der Waals surface area contributed by atoms with Gasteiger partial charge < -0.3 is 20.3 Å². The number of rotatable bonds is 8. The monoisotopic (exact) mass is 352 g/mol. The van der Waals surface area contributed by atoms with Gasteiger partial charge in [0.1, 0.15) is 12.1 Å². The van der Waals surface area contributed by atoms with Gasteiger partial charge in [-0.2, -0.15) is 0 Å². The van der Waals surface area contributed by atoms with Crippen LogP contribution >= 0.6 is 0 Å². The van der Waals surface area contributed by atoms with Crippen LogP contribution in [-0.2, 0) is 27.9 Å². The minimum absolute atomic E-state index is 0.0375. The van der Waals surface area contributed by atoms with Crippen molar-refractivity contribution in [2.24, 2.45) is 12.5 Å². The molecule has 0 aliphatic heterocycles. The third kappa shape index (κ3) is 7.36. The average molecular weight is 352 g/mol. The lowest BCUT2D eigenvalue weighted by Gasteiger charge is -2.24. The van der Waals surface area contributed by atoms with Gasteiger partial charge in [0.25, 0.3) is 0 Å². The van der Waals surface area contributed by atoms with Gasteiger partial charge in [0.05, 0.1) is 6.33 Å². The first kappa shape index (κ1) is 20.7. The fourth-order valence-corrected chi connectivity index (χ4v) is 2.35. The fourth-order valence-electron chi connectivity index (χ4n) is 2.35. The van der Waals surface area contributed by atoms with E-state index < -0.39 is 24.0 Å². The number of aryl methyl sites for hydroxylation is 1. The van der Waals surface area contributed by atoms with Gasteiger partial charge in [0.15, 0.2) is 0 Å². The number of nitrogens with zero attached hydrogens (tertiary/aromatic N) is 2. The second-order valence-corrected chi connectivity index (χ2v) is 7.45. The second-order valence-electron chi connectivity index (χ2n) is 7.45. The smallest absolute Gasteiger partial charge is 0.326 e. The number of aliphatic carboxylic acids is 1. The van der Waals surface area contributed by atoms with Crippen molar-refractivity contribution in [3.8, 4) is 0 Å². The van der Waals surface area contributed by atoms with E-state index >= 15 is 0 Å². The number of amides is 2. The molecule has 0 saturated carbocycles. The van der Waals surface area contributed by atoms with Crippen molar-refractivity contribution in [2.45, 2.75) is 59.0 Å². The molecular weight excluding hydrogens is 324 g/mol. The summed E-state index contributed by atoms with van der Waals surface area (Å²) in [6, 6.07) is -1.85. The van der Waals surface area contributed by atoms with E-state index in [4.69, 9.17) is 0 Å². The van der Waals surface area contributed by atoms with Crippen LogP contribution in [0.5, 0.6) is 0 Å². The molecule has 2 atom stereocenters. The van der Waals surface area contributed by atoms with Crippen LogP contribution in [0.1, 0.15) is 46.2 Å². The number of imidazole rings is 1. The highest BCUT2D eigenvalue weighted by Gasteiger charge is 2.27. The van der Waals surface area contributed by atoms with E-state index in [2.05, 4.69) is 15.6 Å². The Balaban J connectivity index is 2.82. The minimum atomic E-state index is -1.08. The highest BCUT2D eigenvalue weighted by molar-refractivity contribution is 5.90. The van der Waals surface area contributed by atoms with E-state index in [1.807, 2.05) is 20.8 Å². The maximum atomic E-state index is 12.5. The van der Waals surface area contributed by atoms with Crippen LogP contribution in [0.15, 0.2) is 12.5 Å². The number of hydrogen-bond acceptors (Lipinski definition) is 4. The summed E-state index contributed by atoms with van der Waals surface area (Å²) in [7, 11) is 1.79. The molecule has 0 fully saturated rings. The zero-order chi connectivity index (χ0) is 19.2. The Morgan fingerprint density at radius 3 is 2.32 bits per heavy atom. The van der Waals surface area contributed by atoms with Gasteiger partial charge in [-0.3, -0.25) is 9.59 Å². The Bertz CT molecular complexity index is 618. The Morgan fingerprint density at radius 1 is 1.24 bits per heavy atom. The summed E-state index contributed by atoms with van der Waals surface area (Å²) in [6.45, 7) is 7.35. The van der Waals surface area contributed by atoms with Crippen LogP contribution in [0.4, 0.5) is 0 Å². The molecule has 0 spiro atoms. The molecule has 0 aliphatic rings. The molecule has 0 aromatic carbocycles. The van der Waals surface area contributed by atoms with E-state index in [1.165, 1.54) is 6.92 Å². The summed E-state index contributed by atoms with van der Waals surface area (Å²) in [5.74, 6) is -1.96. The van der Waals surface area contributed by atoms with Crippen LogP contribution in [0.25, 0.3) is 0 Å². The van der Waals surface area contributed by atoms with Crippen LogP contribution < -0.4 is 10.6 Å². The van der Waals surface area contributed by atoms with Gasteiger partial charge in [-0.25, -0.2) is 9.78 Å². The summed E-state index contributed by atoms with van der Waals surface area (Å²) < 4.78 is 1.75. The number of carboxylic acid groups (broad SMARTS) is 1. The standard InChI is InChI=1S/C17H28N4O4/c1-11(22)19-14(8-12-9-18-10-21(12)5)15(23)20-13(16(24)25)6-7-17(2,3)4/h9-10,13-14H,6-8H2,1-5H3,(H,19,22)(H,20,23)(H,24,25). The number of carboxylic acids is 1. The zero-order valence-corrected chi connectivity index (χ0v) is 15.5. The highest BCUT2D eigenvalue weighted by Crippen LogP contribution is 2.21. The molecule has 140 valence electrons. The summed E-state index contributed by atoms with van der Waals surface area (Å²) in [4.78, 5) is 39.4. The first-order chi connectivity index (χ1) is 11.5. The van der Waals surface area contributed by atoms with Crippen molar-refractivity contribution in [1.82, 2.24) is 20.2 Å². The van der Waals surface area contributed by atoms with Gasteiger partial charge in [-0.1, -0.05) is 20.8 Å². The van der Waals surface area contributed by atoms with Crippen LogP contribution in [-0.4, -0.2) is 44.5 Å². The fraction of sp³-hybridized carbons (Fsp3) is 0.647. The summed E-state index contributed by atoms with van der Waals surface area (Å²) in [5.41, 5.74) is 0.722. The molecule has 0 aliphatic carbocycles. The Kier molecular flexibility index (Phi) is 7.14. The van der Waals surface area contributed by atoms with E-state index in [0.717, 1.165) is 5.69 Å². The Hall–Kier alpha value is -2.38. The molecule has 0 radical (unpaired) electrons. The quantitative estimate of drug-likeness (QED) is 0.642. The van der Waals surface area contributed by atoms with Gasteiger partial charge in [-0.05, 0) is 18.3 Å². The molecule has 2 unspecified atom stereocenters. The average Bonchev–Trinajstić information content (AvgIpc) is 2.86. The predicted molar refractivity (Wildman–Crippen MR) is 92.8 cm³/mol. The van der Waals surface area contributed by atoms with Crippen molar-refractivity contribution in [1.29, 1.82) is 0 Å². The van der Waals surface area contributed by atoms with Crippen molar-refractivity contribution < 1.29 is 19.5 Å². The summed E-state index contributed by atoms with van der Waals surface area (Å²) in [5, 5.41) is 14.5. The molecule has 1 rings (SSSR count). The van der Waals surface area contributed by atoms with Gasteiger partial charge in [0, 0.05) is 32.3 Å². The van der Waals surface area contributed by atoms with Crippen LogP contribution in [0, 0.1) is 5.41 Å². The first-order valence-electron chi connectivity index (χ1n) is 8.25. The molecular formula is C17H28N4O4. The van der Waals surface area contributed by atoms with E-state index in [1.54, 1.807) is 24.1 Å². The van der Waals surface area contributed by atoms with Crippen molar-refractivity contribution in [3.05, 3.63) is 18.2 Å². The third-order valence-corrected chi connectivity index (χ3v) is 3.82. The van der Waals surface area contributed by atoms with Crippen molar-refractivity contribution in [3.63, 3.8) is 0 Å². The van der Waals surface area contributed by atoms with Gasteiger partial charge in [0.2, 0.25) is 11.8 Å². The SMILES string of the molecule is CC(=O)NC(Cc1cncn1C)C(=O)NC(CCC(C)(C)C)C(=O)O. The normalized spacial score (nSPS) is 13.8. The lowest BCUT2D eigenvalue weighted by atomic mass is 9.88. The zero-order valence-electron chi connectivity index (χ0n) is 15.5. The summed E-state index contributed by atoms with van der Waals surface area (Å²) in [6.07, 6.45) is 4.41. The summed E-state index contributed by atoms with van der Waals surface area (Å²) >= 11 is 0. The third-order valence-electron chi connectivity index (χ3n) is 3.82. The largest absolute Gasteiger partial charge is 0.480 e. The maximum Gasteiger partial charge on any atom is 0.326 e. The minimum Gasteiger partial charge on any atom is -0.480 e. The number of hydrogen-bond donors (Lipinski definition) is 3. The number of nitrogens with one attached hydrogen (secondary N) is 2. The molecule has 8 heteroatoms. The Morgan fingerprint density at radius 2 is 1.88 bits per heavy atom. The van der Waals surface area contributed by atoms with E-state index in [9.17, 15) is 19.5 Å². The van der Waals surface area contributed by atoms with Gasteiger partial charge >= 0.3 is 5.97 Å². The molecule has 1 aromatic heterocycles. The highest BCUT2D eigenvalue weighted by atomic mass is 16.4. The maximum absolute atomic E-state index is 12.5. The molecule has 2 amide bonds. The van der Waals surface area contributed by atoms with E-state index in [-0.39, 0.29) is 17.7 Å². The molecule has 8 nitrogen and oxygen atoms in total. The number of carbonyl (C=O) groups is 3. The van der Waals surface area contributed by atoms with E-state index in [0.29, 0.717) is 12.8 Å². The number of carbonyl (C=O) groups excluding carboxylic acids is 2. The topological polar surface area (TPSA) is 113 Å². The molecule has 0 saturated heterocycles. The Labute approximate surface area is 148 Å².